The van der Waals surface area contributed by atoms with E-state index in [2.05, 4.69) is 12.2 Å². The SMILES string of the molecule is CCCCCCCC(=O)N[C@@H](C)C(=O)[O-].[K+]. The molecule has 0 spiro atoms. The van der Waals surface area contributed by atoms with Crippen molar-refractivity contribution in [2.24, 2.45) is 0 Å². The van der Waals surface area contributed by atoms with Crippen LogP contribution in [0.4, 0.5) is 0 Å². The van der Waals surface area contributed by atoms with Gasteiger partial charge in [0.15, 0.2) is 0 Å². The number of aliphatic carboxylic acids is 1. The van der Waals surface area contributed by atoms with Crippen LogP contribution in [0.2, 0.25) is 0 Å². The largest absolute Gasteiger partial charge is 1.00 e. The summed E-state index contributed by atoms with van der Waals surface area (Å²) in [7, 11) is 0. The Balaban J connectivity index is 0. The van der Waals surface area contributed by atoms with Crippen LogP contribution in [0.15, 0.2) is 0 Å². The van der Waals surface area contributed by atoms with Crippen molar-refractivity contribution >= 4 is 11.9 Å². The van der Waals surface area contributed by atoms with Gasteiger partial charge in [-0.3, -0.25) is 4.79 Å². The van der Waals surface area contributed by atoms with E-state index >= 15 is 0 Å². The second-order valence-corrected chi connectivity index (χ2v) is 3.77. The Bertz CT molecular complexity index is 209. The van der Waals surface area contributed by atoms with Crippen LogP contribution in [0.1, 0.15) is 52.4 Å². The van der Waals surface area contributed by atoms with E-state index in [1.165, 1.54) is 19.8 Å². The Morgan fingerprint density at radius 3 is 2.25 bits per heavy atom. The quantitative estimate of drug-likeness (QED) is 0.387. The van der Waals surface area contributed by atoms with Crippen LogP contribution >= 0.6 is 0 Å². The molecule has 0 radical (unpaired) electrons. The molecular formula is C11H20KNO3. The first-order chi connectivity index (χ1) is 7.07. The minimum atomic E-state index is -1.24. The first kappa shape index (κ1) is 18.9. The van der Waals surface area contributed by atoms with Gasteiger partial charge in [0.2, 0.25) is 5.91 Å². The molecule has 0 heterocycles. The van der Waals surface area contributed by atoms with Crippen LogP contribution in [-0.2, 0) is 9.59 Å². The van der Waals surface area contributed by atoms with Crippen LogP contribution in [0.3, 0.4) is 0 Å². The zero-order valence-electron chi connectivity index (χ0n) is 10.5. The zero-order chi connectivity index (χ0) is 11.7. The molecule has 5 heteroatoms. The van der Waals surface area contributed by atoms with Crippen molar-refractivity contribution < 1.29 is 66.1 Å². The molecule has 0 rings (SSSR count). The maximum atomic E-state index is 11.2. The third-order valence-corrected chi connectivity index (χ3v) is 2.24. The third kappa shape index (κ3) is 11.1. The maximum Gasteiger partial charge on any atom is 1.00 e. The van der Waals surface area contributed by atoms with Crippen molar-refractivity contribution in [2.75, 3.05) is 0 Å². The Labute approximate surface area is 140 Å². The van der Waals surface area contributed by atoms with Crippen LogP contribution in [-0.4, -0.2) is 17.9 Å². The fourth-order valence-electron chi connectivity index (χ4n) is 1.26. The number of amides is 1. The molecule has 1 atom stereocenters. The number of unbranched alkanes of at least 4 members (excludes halogenated alkanes) is 4. The van der Waals surface area contributed by atoms with Gasteiger partial charge in [0.1, 0.15) is 0 Å². The maximum absolute atomic E-state index is 11.2. The normalized spacial score (nSPS) is 11.4. The fraction of sp³-hybridized carbons (Fsp3) is 0.818. The van der Waals surface area contributed by atoms with Gasteiger partial charge in [-0.15, -0.1) is 0 Å². The number of hydrogen-bond donors (Lipinski definition) is 1. The van der Waals surface area contributed by atoms with Crippen molar-refractivity contribution in [1.29, 1.82) is 0 Å². The molecule has 0 unspecified atom stereocenters. The summed E-state index contributed by atoms with van der Waals surface area (Å²) in [4.78, 5) is 21.5. The summed E-state index contributed by atoms with van der Waals surface area (Å²) in [5.41, 5.74) is 0. The number of carbonyl (C=O) groups is 2. The molecule has 0 aromatic carbocycles. The molecule has 16 heavy (non-hydrogen) atoms. The molecule has 4 nitrogen and oxygen atoms in total. The van der Waals surface area contributed by atoms with E-state index in [1.54, 1.807) is 0 Å². The molecule has 0 aliphatic carbocycles. The predicted molar refractivity (Wildman–Crippen MR) is 56.0 cm³/mol. The molecular weight excluding hydrogens is 233 g/mol. The summed E-state index contributed by atoms with van der Waals surface area (Å²) in [6, 6.07) is -0.895. The van der Waals surface area contributed by atoms with Crippen molar-refractivity contribution in [3.8, 4) is 0 Å². The van der Waals surface area contributed by atoms with E-state index in [-0.39, 0.29) is 57.3 Å². The summed E-state index contributed by atoms with van der Waals surface area (Å²) in [5.74, 6) is -1.45. The molecule has 0 aromatic heterocycles. The summed E-state index contributed by atoms with van der Waals surface area (Å²) in [6.45, 7) is 3.54. The second kappa shape index (κ2) is 12.0. The number of nitrogens with one attached hydrogen (secondary N) is 1. The summed E-state index contributed by atoms with van der Waals surface area (Å²) >= 11 is 0. The van der Waals surface area contributed by atoms with Gasteiger partial charge in [0.05, 0.1) is 12.0 Å². The standard InChI is InChI=1S/C11H21NO3.K/c1-3-4-5-6-7-8-10(13)12-9(2)11(14)15;/h9H,3-8H2,1-2H3,(H,12,13)(H,14,15);/q;+1/p-1/t9-;/m0./s1. The summed E-state index contributed by atoms with van der Waals surface area (Å²) < 4.78 is 0. The number of carbonyl (C=O) groups excluding carboxylic acids is 2. The van der Waals surface area contributed by atoms with Gasteiger partial charge in [0.25, 0.3) is 0 Å². The van der Waals surface area contributed by atoms with E-state index < -0.39 is 12.0 Å². The first-order valence-corrected chi connectivity index (χ1v) is 5.58. The number of hydrogen-bond acceptors (Lipinski definition) is 3. The zero-order valence-corrected chi connectivity index (χ0v) is 13.7. The minimum absolute atomic E-state index is 0. The molecule has 0 aliphatic rings. The Hall–Kier alpha value is 0.576. The van der Waals surface area contributed by atoms with Crippen molar-refractivity contribution in [3.05, 3.63) is 0 Å². The van der Waals surface area contributed by atoms with Crippen molar-refractivity contribution in [3.63, 3.8) is 0 Å². The number of carboxylic acids is 1. The summed E-state index contributed by atoms with van der Waals surface area (Å²) in [5, 5.41) is 12.7. The molecule has 0 fully saturated rings. The van der Waals surface area contributed by atoms with E-state index in [4.69, 9.17) is 0 Å². The van der Waals surface area contributed by atoms with Crippen molar-refractivity contribution in [1.82, 2.24) is 5.32 Å². The average Bonchev–Trinajstić information content (AvgIpc) is 2.17. The Kier molecular flexibility index (Phi) is 14.2. The van der Waals surface area contributed by atoms with Gasteiger partial charge in [-0.2, -0.15) is 0 Å². The molecule has 0 saturated heterocycles. The predicted octanol–water partition coefficient (Wildman–Crippen LogP) is -2.39. The van der Waals surface area contributed by atoms with Gasteiger partial charge >= 0.3 is 51.4 Å². The third-order valence-electron chi connectivity index (χ3n) is 2.24. The van der Waals surface area contributed by atoms with Gasteiger partial charge in [-0.1, -0.05) is 32.6 Å². The fourth-order valence-corrected chi connectivity index (χ4v) is 1.26. The van der Waals surface area contributed by atoms with Crippen LogP contribution in [0.5, 0.6) is 0 Å². The van der Waals surface area contributed by atoms with E-state index in [0.717, 1.165) is 19.3 Å². The molecule has 1 amide bonds. The number of rotatable bonds is 8. The summed E-state index contributed by atoms with van der Waals surface area (Å²) in [6.07, 6.45) is 5.76. The smallest absolute Gasteiger partial charge is 0.548 e. The molecule has 0 aliphatic heterocycles. The number of carboxylic acid groups (broad SMARTS) is 1. The molecule has 88 valence electrons. The van der Waals surface area contributed by atoms with E-state index in [1.807, 2.05) is 0 Å². The Morgan fingerprint density at radius 1 is 1.19 bits per heavy atom. The monoisotopic (exact) mass is 253 g/mol. The Morgan fingerprint density at radius 2 is 1.75 bits per heavy atom. The molecule has 0 aromatic rings. The molecule has 0 saturated carbocycles. The van der Waals surface area contributed by atoms with Crippen LogP contribution < -0.4 is 61.8 Å². The topological polar surface area (TPSA) is 69.2 Å². The molecule has 1 N–H and O–H groups in total. The van der Waals surface area contributed by atoms with Crippen LogP contribution in [0.25, 0.3) is 0 Å². The van der Waals surface area contributed by atoms with Gasteiger partial charge in [-0.25, -0.2) is 0 Å². The van der Waals surface area contributed by atoms with Gasteiger partial charge < -0.3 is 15.2 Å². The van der Waals surface area contributed by atoms with Gasteiger partial charge in [-0.05, 0) is 13.3 Å². The van der Waals surface area contributed by atoms with Gasteiger partial charge in [0, 0.05) is 6.42 Å². The van der Waals surface area contributed by atoms with E-state index in [9.17, 15) is 14.7 Å². The average molecular weight is 253 g/mol. The first-order valence-electron chi connectivity index (χ1n) is 5.58. The minimum Gasteiger partial charge on any atom is -0.548 e. The molecule has 0 bridgehead atoms. The van der Waals surface area contributed by atoms with Crippen LogP contribution in [0, 0.1) is 0 Å². The van der Waals surface area contributed by atoms with Crippen molar-refractivity contribution in [2.45, 2.75) is 58.4 Å². The van der Waals surface area contributed by atoms with E-state index in [0.29, 0.717) is 6.42 Å². The second-order valence-electron chi connectivity index (χ2n) is 3.77.